The van der Waals surface area contributed by atoms with E-state index >= 15 is 0 Å². The van der Waals surface area contributed by atoms with Gasteiger partial charge >= 0.3 is 7.05 Å². The molecule has 3 rings (SSSR count). The molecule has 0 radical (unpaired) electrons. The largest absolute Gasteiger partial charge is 0.437 e. The van der Waals surface area contributed by atoms with Crippen LogP contribution in [0, 0.1) is 0 Å². The summed E-state index contributed by atoms with van der Waals surface area (Å²) in [5.41, 5.74) is 0.923. The van der Waals surface area contributed by atoms with Gasteiger partial charge in [-0.05, 0) is 43.5 Å². The molecule has 1 saturated heterocycles. The molecular weight excluding hydrogens is 371 g/mol. The van der Waals surface area contributed by atoms with Crippen molar-refractivity contribution in [2.75, 3.05) is 13.1 Å². The molecule has 2 aliphatic rings. The molecule has 28 heavy (non-hydrogen) atoms. The van der Waals surface area contributed by atoms with E-state index in [-0.39, 0.29) is 35.5 Å². The zero-order chi connectivity index (χ0) is 20.9. The van der Waals surface area contributed by atoms with E-state index in [1.54, 1.807) is 31.1 Å². The van der Waals surface area contributed by atoms with E-state index in [1.165, 1.54) is 4.90 Å². The summed E-state index contributed by atoms with van der Waals surface area (Å²) in [4.78, 5) is 28.7. The number of amides is 2. The highest BCUT2D eigenvalue weighted by molar-refractivity contribution is 6.74. The van der Waals surface area contributed by atoms with Crippen LogP contribution in [-0.4, -0.2) is 67.2 Å². The van der Waals surface area contributed by atoms with Crippen LogP contribution in [0.3, 0.4) is 0 Å². The quantitative estimate of drug-likeness (QED) is 0.606. The highest BCUT2D eigenvalue weighted by Gasteiger charge is 2.45. The third-order valence-electron chi connectivity index (χ3n) is 6.44. The van der Waals surface area contributed by atoms with Crippen LogP contribution in [0.2, 0.25) is 25.0 Å². The van der Waals surface area contributed by atoms with Gasteiger partial charge in [0.15, 0.2) is 8.32 Å². The summed E-state index contributed by atoms with van der Waals surface area (Å²) < 4.78 is 6.55. The summed E-state index contributed by atoms with van der Waals surface area (Å²) in [7, 11) is -2.60. The van der Waals surface area contributed by atoms with Crippen molar-refractivity contribution in [1.82, 2.24) is 9.71 Å². The molecule has 2 atom stereocenters. The zero-order valence-corrected chi connectivity index (χ0v) is 18.7. The lowest BCUT2D eigenvalue weighted by Gasteiger charge is -2.38. The van der Waals surface area contributed by atoms with Gasteiger partial charge in [0.2, 0.25) is 0 Å². The molecule has 6 nitrogen and oxygen atoms in total. The molecular formula is C20H31BN2O4Si. The number of nitrogens with zero attached hydrogens (tertiary/aromatic N) is 2. The average molecular weight is 402 g/mol. The Labute approximate surface area is 169 Å². The predicted octanol–water partition coefficient (Wildman–Crippen LogP) is 2.86. The molecule has 1 fully saturated rings. The first-order valence-corrected chi connectivity index (χ1v) is 12.9. The molecule has 0 aromatic heterocycles. The zero-order valence-electron chi connectivity index (χ0n) is 17.7. The third kappa shape index (κ3) is 3.83. The molecule has 1 N–H and O–H groups in total. The van der Waals surface area contributed by atoms with E-state index in [2.05, 4.69) is 33.9 Å². The summed E-state index contributed by atoms with van der Waals surface area (Å²) in [6.45, 7) is 13.7. The fourth-order valence-corrected chi connectivity index (χ4v) is 5.19. The monoisotopic (exact) mass is 402 g/mol. The SMILES string of the molecule is CB(O)N1C[C@@H](O[Si](C)(C)C(C)(C)C)C[C@@H]1CN1C(=O)c2ccccc2C1=O. The second-order valence-corrected chi connectivity index (χ2v) is 14.2. The number of hydrogen-bond acceptors (Lipinski definition) is 5. The van der Waals surface area contributed by atoms with Gasteiger partial charge in [0.05, 0.1) is 17.2 Å². The van der Waals surface area contributed by atoms with E-state index < -0.39 is 15.4 Å². The standard InChI is InChI=1S/C20H31BN2O4Si/c1-20(2,3)28(5,6)27-15-11-14(23(13-15)21(4)26)12-22-18(24)16-9-7-8-10-17(16)19(22)25/h7-10,14-15,26H,11-13H2,1-6H3/t14-,15+/m1/s1. The Balaban J connectivity index is 1.75. The number of carbonyl (C=O) groups is 2. The minimum absolute atomic E-state index is 0.00401. The van der Waals surface area contributed by atoms with Crippen molar-refractivity contribution in [1.29, 1.82) is 0 Å². The normalized spacial score (nSPS) is 23.5. The minimum atomic E-state index is -1.94. The van der Waals surface area contributed by atoms with Crippen molar-refractivity contribution in [3.8, 4) is 0 Å². The Morgan fingerprint density at radius 2 is 1.71 bits per heavy atom. The number of rotatable bonds is 5. The molecule has 2 amide bonds. The summed E-state index contributed by atoms with van der Waals surface area (Å²) in [6.07, 6.45) is 0.695. The van der Waals surface area contributed by atoms with E-state index in [0.717, 1.165) is 0 Å². The maximum atomic E-state index is 12.7. The topological polar surface area (TPSA) is 70.1 Å². The Kier molecular flexibility index (Phi) is 5.62. The molecule has 152 valence electrons. The highest BCUT2D eigenvalue weighted by Crippen LogP contribution is 2.39. The van der Waals surface area contributed by atoms with Gasteiger partial charge in [-0.3, -0.25) is 14.5 Å². The van der Waals surface area contributed by atoms with Crippen molar-refractivity contribution >= 4 is 27.2 Å². The first-order valence-electron chi connectivity index (χ1n) is 9.99. The molecule has 2 heterocycles. The maximum absolute atomic E-state index is 12.7. The van der Waals surface area contributed by atoms with Crippen molar-refractivity contribution in [2.24, 2.45) is 0 Å². The summed E-state index contributed by atoms with van der Waals surface area (Å²) in [5.74, 6) is -0.500. The van der Waals surface area contributed by atoms with Gasteiger partial charge in [-0.2, -0.15) is 0 Å². The molecule has 1 aromatic carbocycles. The van der Waals surface area contributed by atoms with E-state index in [0.29, 0.717) is 24.1 Å². The van der Waals surface area contributed by atoms with E-state index in [1.807, 2.05) is 4.81 Å². The summed E-state index contributed by atoms with van der Waals surface area (Å²) >= 11 is 0. The summed E-state index contributed by atoms with van der Waals surface area (Å²) in [6, 6.07) is 6.82. The lowest BCUT2D eigenvalue weighted by atomic mass is 9.84. The third-order valence-corrected chi connectivity index (χ3v) is 11.0. The van der Waals surface area contributed by atoms with Crippen LogP contribution < -0.4 is 0 Å². The van der Waals surface area contributed by atoms with Crippen LogP contribution in [-0.2, 0) is 4.43 Å². The predicted molar refractivity (Wildman–Crippen MR) is 113 cm³/mol. The lowest BCUT2D eigenvalue weighted by molar-refractivity contribution is 0.0624. The van der Waals surface area contributed by atoms with Crippen LogP contribution >= 0.6 is 0 Å². The lowest BCUT2D eigenvalue weighted by Crippen LogP contribution is -2.48. The number of carbonyl (C=O) groups excluding carboxylic acids is 2. The van der Waals surface area contributed by atoms with Crippen molar-refractivity contribution in [2.45, 2.75) is 64.3 Å². The maximum Gasteiger partial charge on any atom is 0.376 e. The average Bonchev–Trinajstić information content (AvgIpc) is 3.09. The molecule has 1 aromatic rings. The van der Waals surface area contributed by atoms with E-state index in [4.69, 9.17) is 4.43 Å². The Morgan fingerprint density at radius 1 is 1.18 bits per heavy atom. The Morgan fingerprint density at radius 3 is 2.18 bits per heavy atom. The van der Waals surface area contributed by atoms with Gasteiger partial charge in [0, 0.05) is 19.1 Å². The Hall–Kier alpha value is -1.48. The van der Waals surface area contributed by atoms with Crippen LogP contribution in [0.15, 0.2) is 24.3 Å². The van der Waals surface area contributed by atoms with Gasteiger partial charge in [0.1, 0.15) is 0 Å². The number of fused-ring (bicyclic) bond motifs is 1. The van der Waals surface area contributed by atoms with Crippen molar-refractivity contribution < 1.29 is 19.0 Å². The fraction of sp³-hybridized carbons (Fsp3) is 0.600. The fourth-order valence-electron chi connectivity index (χ4n) is 3.83. The molecule has 0 spiro atoms. The van der Waals surface area contributed by atoms with Crippen molar-refractivity contribution in [3.63, 3.8) is 0 Å². The van der Waals surface area contributed by atoms with Crippen LogP contribution in [0.5, 0.6) is 0 Å². The second-order valence-electron chi connectivity index (χ2n) is 9.48. The highest BCUT2D eigenvalue weighted by atomic mass is 28.4. The first-order chi connectivity index (χ1) is 12.9. The molecule has 0 aliphatic carbocycles. The van der Waals surface area contributed by atoms with Crippen LogP contribution in [0.1, 0.15) is 47.9 Å². The van der Waals surface area contributed by atoms with Crippen molar-refractivity contribution in [3.05, 3.63) is 35.4 Å². The van der Waals surface area contributed by atoms with E-state index in [9.17, 15) is 14.6 Å². The first kappa shape index (κ1) is 21.2. The van der Waals surface area contributed by atoms with Gasteiger partial charge < -0.3 is 14.3 Å². The van der Waals surface area contributed by atoms with Crippen LogP contribution in [0.4, 0.5) is 0 Å². The smallest absolute Gasteiger partial charge is 0.376 e. The summed E-state index contributed by atoms with van der Waals surface area (Å²) in [5, 5.41) is 10.4. The molecule has 0 bridgehead atoms. The van der Waals surface area contributed by atoms with Gasteiger partial charge in [-0.25, -0.2) is 0 Å². The van der Waals surface area contributed by atoms with Gasteiger partial charge in [-0.1, -0.05) is 32.9 Å². The van der Waals surface area contributed by atoms with Gasteiger partial charge in [-0.15, -0.1) is 0 Å². The molecule has 8 heteroatoms. The molecule has 2 aliphatic heterocycles. The van der Waals surface area contributed by atoms with Crippen LogP contribution in [0.25, 0.3) is 0 Å². The Bertz CT molecular complexity index is 743. The molecule has 0 unspecified atom stereocenters. The van der Waals surface area contributed by atoms with Gasteiger partial charge in [0.25, 0.3) is 11.8 Å². The molecule has 0 saturated carbocycles. The number of imide groups is 1. The number of hydrogen-bond donors (Lipinski definition) is 1. The number of benzene rings is 1. The second kappa shape index (κ2) is 7.41. The minimum Gasteiger partial charge on any atom is -0.437 e.